The Labute approximate surface area is 75.8 Å². The van der Waals surface area contributed by atoms with Crippen LogP contribution in [-0.2, 0) is 0 Å². The van der Waals surface area contributed by atoms with E-state index in [0.717, 1.165) is 0 Å². The summed E-state index contributed by atoms with van der Waals surface area (Å²) in [5.41, 5.74) is 0.981. The molecule has 0 aliphatic heterocycles. The van der Waals surface area contributed by atoms with Crippen LogP contribution < -0.4 is 0 Å². The molecule has 0 aliphatic carbocycles. The van der Waals surface area contributed by atoms with Crippen LogP contribution in [0.15, 0.2) is 24.3 Å². The molecule has 0 spiro atoms. The molecule has 1 aromatic rings. The zero-order valence-electron chi connectivity index (χ0n) is 6.82. The van der Waals surface area contributed by atoms with E-state index in [1.807, 2.05) is 6.07 Å². The van der Waals surface area contributed by atoms with Gasteiger partial charge in [-0.1, -0.05) is 12.1 Å². The van der Waals surface area contributed by atoms with E-state index in [4.69, 9.17) is 10.5 Å². The molecule has 0 atom stereocenters. The molecule has 0 fully saturated rings. The highest BCUT2D eigenvalue weighted by Crippen LogP contribution is 2.05. The minimum atomic E-state index is -0.216. The number of hydrogen-bond donors (Lipinski definition) is 0. The van der Waals surface area contributed by atoms with Gasteiger partial charge in [0.15, 0.2) is 5.78 Å². The first-order valence-corrected chi connectivity index (χ1v) is 3.68. The van der Waals surface area contributed by atoms with Crippen LogP contribution >= 0.6 is 0 Å². The molecule has 13 heavy (non-hydrogen) atoms. The highest BCUT2D eigenvalue weighted by atomic mass is 16.1. The van der Waals surface area contributed by atoms with E-state index in [-0.39, 0.29) is 12.2 Å². The van der Waals surface area contributed by atoms with Gasteiger partial charge < -0.3 is 0 Å². The van der Waals surface area contributed by atoms with Gasteiger partial charge in [0, 0.05) is 5.56 Å². The number of hydrogen-bond acceptors (Lipinski definition) is 3. The van der Waals surface area contributed by atoms with Gasteiger partial charge in [-0.3, -0.25) is 4.79 Å². The number of Topliss-reactive ketones (excluding diaryl/α,β-unsaturated/α-hetero) is 1. The van der Waals surface area contributed by atoms with Crippen molar-refractivity contribution in [2.45, 2.75) is 6.42 Å². The highest BCUT2D eigenvalue weighted by Gasteiger charge is 2.03. The second-order valence-corrected chi connectivity index (χ2v) is 2.45. The van der Waals surface area contributed by atoms with Gasteiger partial charge in [0.05, 0.1) is 24.1 Å². The van der Waals surface area contributed by atoms with E-state index in [1.165, 1.54) is 0 Å². The van der Waals surface area contributed by atoms with Crippen molar-refractivity contribution in [2.75, 3.05) is 0 Å². The minimum Gasteiger partial charge on any atom is -0.293 e. The van der Waals surface area contributed by atoms with Crippen LogP contribution in [0.2, 0.25) is 0 Å². The first-order valence-electron chi connectivity index (χ1n) is 3.68. The summed E-state index contributed by atoms with van der Waals surface area (Å²) in [5, 5.41) is 16.8. The maximum atomic E-state index is 11.1. The zero-order chi connectivity index (χ0) is 9.68. The van der Waals surface area contributed by atoms with E-state index in [2.05, 4.69) is 0 Å². The van der Waals surface area contributed by atoms with Crippen LogP contribution in [-0.4, -0.2) is 5.78 Å². The van der Waals surface area contributed by atoms with Crippen molar-refractivity contribution >= 4 is 5.78 Å². The molecule has 3 heteroatoms. The topological polar surface area (TPSA) is 64.7 Å². The third-order valence-corrected chi connectivity index (χ3v) is 1.58. The van der Waals surface area contributed by atoms with Crippen molar-refractivity contribution in [3.63, 3.8) is 0 Å². The van der Waals surface area contributed by atoms with Crippen LogP contribution in [0.25, 0.3) is 0 Å². The van der Waals surface area contributed by atoms with Gasteiger partial charge in [0.25, 0.3) is 0 Å². The first-order chi connectivity index (χ1) is 6.27. The molecule has 0 amide bonds. The smallest absolute Gasteiger partial charge is 0.176 e. The van der Waals surface area contributed by atoms with Gasteiger partial charge in [-0.2, -0.15) is 10.5 Å². The molecule has 0 saturated heterocycles. The van der Waals surface area contributed by atoms with E-state index >= 15 is 0 Å². The van der Waals surface area contributed by atoms with Crippen LogP contribution in [0, 0.1) is 22.7 Å². The molecule has 0 heterocycles. The summed E-state index contributed by atoms with van der Waals surface area (Å²) in [6.07, 6.45) is -0.119. The van der Waals surface area contributed by atoms with Crippen LogP contribution in [0.3, 0.4) is 0 Å². The number of rotatable bonds is 2. The second kappa shape index (κ2) is 4.04. The van der Waals surface area contributed by atoms with Crippen molar-refractivity contribution in [3.05, 3.63) is 35.4 Å². The van der Waals surface area contributed by atoms with E-state index in [0.29, 0.717) is 11.1 Å². The fraction of sp³-hybridized carbons (Fsp3) is 0.100. The predicted molar refractivity (Wildman–Crippen MR) is 45.7 cm³/mol. The molecular weight excluding hydrogens is 164 g/mol. The van der Waals surface area contributed by atoms with Gasteiger partial charge in [-0.25, -0.2) is 0 Å². The molecule has 1 rings (SSSR count). The first kappa shape index (κ1) is 8.96. The summed E-state index contributed by atoms with van der Waals surface area (Å²) in [7, 11) is 0. The largest absolute Gasteiger partial charge is 0.293 e. The van der Waals surface area contributed by atoms with Crippen molar-refractivity contribution < 1.29 is 4.79 Å². The SMILES string of the molecule is N#CCC(=O)c1ccc(C#N)cc1. The number of ketones is 1. The molecule has 0 unspecified atom stereocenters. The van der Waals surface area contributed by atoms with Crippen molar-refractivity contribution in [3.8, 4) is 12.1 Å². The van der Waals surface area contributed by atoms with Gasteiger partial charge in [0.1, 0.15) is 0 Å². The highest BCUT2D eigenvalue weighted by molar-refractivity contribution is 5.97. The Kier molecular flexibility index (Phi) is 2.78. The summed E-state index contributed by atoms with van der Waals surface area (Å²) < 4.78 is 0. The second-order valence-electron chi connectivity index (χ2n) is 2.45. The molecule has 1 aromatic carbocycles. The minimum absolute atomic E-state index is 0.119. The third-order valence-electron chi connectivity index (χ3n) is 1.58. The molecule has 0 aromatic heterocycles. The monoisotopic (exact) mass is 170 g/mol. The Morgan fingerprint density at radius 3 is 2.31 bits per heavy atom. The Morgan fingerprint density at radius 2 is 1.85 bits per heavy atom. The maximum absolute atomic E-state index is 11.1. The Hall–Kier alpha value is -2.13. The van der Waals surface area contributed by atoms with Crippen molar-refractivity contribution in [1.29, 1.82) is 10.5 Å². The Morgan fingerprint density at radius 1 is 1.23 bits per heavy atom. The molecule has 0 N–H and O–H groups in total. The fourth-order valence-corrected chi connectivity index (χ4v) is 0.905. The lowest BCUT2D eigenvalue weighted by atomic mass is 10.1. The fourth-order valence-electron chi connectivity index (χ4n) is 0.905. The number of nitrogens with zero attached hydrogens (tertiary/aromatic N) is 2. The summed E-state index contributed by atoms with van der Waals surface area (Å²) in [6.45, 7) is 0. The summed E-state index contributed by atoms with van der Waals surface area (Å²) in [6, 6.07) is 9.96. The van der Waals surface area contributed by atoms with Gasteiger partial charge in [-0.05, 0) is 12.1 Å². The van der Waals surface area contributed by atoms with E-state index < -0.39 is 0 Å². The van der Waals surface area contributed by atoms with E-state index in [9.17, 15) is 4.79 Å². The predicted octanol–water partition coefficient (Wildman–Crippen LogP) is 1.65. The quantitative estimate of drug-likeness (QED) is 0.634. The summed E-state index contributed by atoms with van der Waals surface area (Å²) in [5.74, 6) is -0.216. The normalized spacial score (nSPS) is 8.46. The summed E-state index contributed by atoms with van der Waals surface area (Å²) in [4.78, 5) is 11.1. The van der Waals surface area contributed by atoms with Gasteiger partial charge in [0.2, 0.25) is 0 Å². The van der Waals surface area contributed by atoms with Crippen molar-refractivity contribution in [1.82, 2.24) is 0 Å². The van der Waals surface area contributed by atoms with Crippen LogP contribution in [0.4, 0.5) is 0 Å². The van der Waals surface area contributed by atoms with Gasteiger partial charge in [-0.15, -0.1) is 0 Å². The van der Waals surface area contributed by atoms with Crippen molar-refractivity contribution in [2.24, 2.45) is 0 Å². The number of nitriles is 2. The molecule has 0 saturated carbocycles. The molecule has 3 nitrogen and oxygen atoms in total. The Balaban J connectivity index is 2.89. The standard InChI is InChI=1S/C10H6N2O/c11-6-5-10(13)9-3-1-8(7-12)2-4-9/h1-4H,5H2. The Bertz CT molecular complexity index is 392. The molecule has 0 radical (unpaired) electrons. The molecule has 62 valence electrons. The lowest BCUT2D eigenvalue weighted by Gasteiger charge is -1.94. The van der Waals surface area contributed by atoms with Crippen LogP contribution in [0.5, 0.6) is 0 Å². The lowest BCUT2D eigenvalue weighted by Crippen LogP contribution is -1.96. The number of carbonyl (C=O) groups is 1. The lowest BCUT2D eigenvalue weighted by molar-refractivity contribution is 0.0998. The van der Waals surface area contributed by atoms with Gasteiger partial charge >= 0.3 is 0 Å². The molecule has 0 bridgehead atoms. The van der Waals surface area contributed by atoms with Crippen LogP contribution in [0.1, 0.15) is 22.3 Å². The molecule has 0 aliphatic rings. The average molecular weight is 170 g/mol. The molecular formula is C10H6N2O. The summed E-state index contributed by atoms with van der Waals surface area (Å²) >= 11 is 0. The van der Waals surface area contributed by atoms with E-state index in [1.54, 1.807) is 30.3 Å². The number of benzene rings is 1. The average Bonchev–Trinajstić information content (AvgIpc) is 2.18. The zero-order valence-corrected chi connectivity index (χ0v) is 6.82. The third kappa shape index (κ3) is 2.15. The maximum Gasteiger partial charge on any atom is 0.176 e. The number of carbonyl (C=O) groups excluding carboxylic acids is 1.